The Balaban J connectivity index is 4.10. The van der Waals surface area contributed by atoms with Gasteiger partial charge in [-0.15, -0.1) is 0 Å². The summed E-state index contributed by atoms with van der Waals surface area (Å²) >= 11 is 1.21. The van der Waals surface area contributed by atoms with Crippen LogP contribution in [0.25, 0.3) is 0 Å². The van der Waals surface area contributed by atoms with Crippen molar-refractivity contribution in [3.63, 3.8) is 0 Å². The van der Waals surface area contributed by atoms with E-state index in [0.29, 0.717) is 12.2 Å². The molecule has 0 N–H and O–H groups in total. The fourth-order valence-corrected chi connectivity index (χ4v) is 1.51. The van der Waals surface area contributed by atoms with E-state index in [-0.39, 0.29) is 5.12 Å². The van der Waals surface area contributed by atoms with Crippen molar-refractivity contribution in [3.05, 3.63) is 12.2 Å². The van der Waals surface area contributed by atoms with Gasteiger partial charge in [0.2, 0.25) is 0 Å². The average Bonchev–Trinajstić information content (AvgIpc) is 2.11. The molecule has 1 unspecified atom stereocenters. The van der Waals surface area contributed by atoms with Crippen LogP contribution < -0.4 is 0 Å². The Morgan fingerprint density at radius 2 is 2.15 bits per heavy atom. The standard InChI is InChI=1S/C10H16O2S/c1-4-5-6-10(3,7-11)8-13-9(2)12/h4-5,7H,6,8H2,1-3H3. The van der Waals surface area contributed by atoms with Crippen LogP contribution in [0.3, 0.4) is 0 Å². The third-order valence-electron chi connectivity index (χ3n) is 1.71. The van der Waals surface area contributed by atoms with Crippen molar-refractivity contribution in [3.8, 4) is 0 Å². The molecule has 0 fully saturated rings. The summed E-state index contributed by atoms with van der Waals surface area (Å²) in [6, 6.07) is 0. The van der Waals surface area contributed by atoms with E-state index in [0.717, 1.165) is 6.29 Å². The molecule has 0 amide bonds. The second-order valence-electron chi connectivity index (χ2n) is 3.33. The topological polar surface area (TPSA) is 34.1 Å². The summed E-state index contributed by atoms with van der Waals surface area (Å²) in [6.07, 6.45) is 5.51. The van der Waals surface area contributed by atoms with Crippen LogP contribution in [-0.4, -0.2) is 17.2 Å². The molecule has 0 aromatic carbocycles. The molecule has 0 saturated heterocycles. The van der Waals surface area contributed by atoms with E-state index >= 15 is 0 Å². The van der Waals surface area contributed by atoms with Gasteiger partial charge in [-0.1, -0.05) is 30.8 Å². The second-order valence-corrected chi connectivity index (χ2v) is 4.48. The second kappa shape index (κ2) is 5.97. The minimum atomic E-state index is -0.400. The van der Waals surface area contributed by atoms with Crippen LogP contribution >= 0.6 is 11.8 Å². The molecule has 0 rings (SSSR count). The van der Waals surface area contributed by atoms with Crippen molar-refractivity contribution >= 4 is 23.2 Å². The summed E-state index contributed by atoms with van der Waals surface area (Å²) in [5, 5.41) is 0.0635. The van der Waals surface area contributed by atoms with Crippen LogP contribution in [0.5, 0.6) is 0 Å². The fourth-order valence-electron chi connectivity index (χ4n) is 0.795. The lowest BCUT2D eigenvalue weighted by Gasteiger charge is -2.19. The Labute approximate surface area is 83.8 Å². The molecule has 74 valence electrons. The zero-order valence-electron chi connectivity index (χ0n) is 8.37. The Hall–Kier alpha value is -0.570. The van der Waals surface area contributed by atoms with Crippen LogP contribution in [0.2, 0.25) is 0 Å². The quantitative estimate of drug-likeness (QED) is 0.505. The number of carbonyl (C=O) groups is 2. The van der Waals surface area contributed by atoms with E-state index < -0.39 is 5.41 Å². The van der Waals surface area contributed by atoms with E-state index in [9.17, 15) is 9.59 Å². The molecule has 0 heterocycles. The Kier molecular flexibility index (Phi) is 5.71. The summed E-state index contributed by atoms with van der Waals surface area (Å²) in [6.45, 7) is 5.31. The highest BCUT2D eigenvalue weighted by atomic mass is 32.2. The van der Waals surface area contributed by atoms with E-state index in [1.165, 1.54) is 18.7 Å². The highest BCUT2D eigenvalue weighted by Crippen LogP contribution is 2.24. The number of rotatable bonds is 5. The van der Waals surface area contributed by atoms with E-state index in [2.05, 4.69) is 0 Å². The molecule has 0 radical (unpaired) electrons. The van der Waals surface area contributed by atoms with Crippen molar-refractivity contribution < 1.29 is 9.59 Å². The molecular weight excluding hydrogens is 184 g/mol. The van der Waals surface area contributed by atoms with Gasteiger partial charge in [-0.05, 0) is 13.3 Å². The first kappa shape index (κ1) is 12.4. The van der Waals surface area contributed by atoms with Crippen molar-refractivity contribution in [2.75, 3.05) is 5.75 Å². The fraction of sp³-hybridized carbons (Fsp3) is 0.600. The van der Waals surface area contributed by atoms with Gasteiger partial charge in [-0.2, -0.15) is 0 Å². The first-order valence-corrected chi connectivity index (χ1v) is 5.23. The molecule has 0 saturated carbocycles. The minimum Gasteiger partial charge on any atom is -0.303 e. The van der Waals surface area contributed by atoms with Gasteiger partial charge in [-0.25, -0.2) is 0 Å². The highest BCUT2D eigenvalue weighted by Gasteiger charge is 2.22. The largest absolute Gasteiger partial charge is 0.303 e. The SMILES string of the molecule is CC=CCC(C)(C=O)CSC(C)=O. The number of hydrogen-bond acceptors (Lipinski definition) is 3. The zero-order chi connectivity index (χ0) is 10.3. The molecule has 0 aromatic rings. The molecule has 0 bridgehead atoms. The van der Waals surface area contributed by atoms with Gasteiger partial charge in [0.05, 0.1) is 0 Å². The van der Waals surface area contributed by atoms with Crippen LogP contribution in [-0.2, 0) is 9.59 Å². The van der Waals surface area contributed by atoms with Crippen molar-refractivity contribution in [2.24, 2.45) is 5.41 Å². The van der Waals surface area contributed by atoms with Gasteiger partial charge in [0.15, 0.2) is 5.12 Å². The third kappa shape index (κ3) is 5.64. The smallest absolute Gasteiger partial charge is 0.185 e. The van der Waals surface area contributed by atoms with Crippen molar-refractivity contribution in [1.82, 2.24) is 0 Å². The van der Waals surface area contributed by atoms with Crippen molar-refractivity contribution in [2.45, 2.75) is 27.2 Å². The summed E-state index contributed by atoms with van der Waals surface area (Å²) in [5.41, 5.74) is -0.400. The monoisotopic (exact) mass is 200 g/mol. The molecular formula is C10H16O2S. The van der Waals surface area contributed by atoms with Crippen LogP contribution in [0.4, 0.5) is 0 Å². The summed E-state index contributed by atoms with van der Waals surface area (Å²) in [5.74, 6) is 0.566. The van der Waals surface area contributed by atoms with Crippen LogP contribution in [0, 0.1) is 5.41 Å². The molecule has 2 nitrogen and oxygen atoms in total. The van der Waals surface area contributed by atoms with Gasteiger partial charge < -0.3 is 4.79 Å². The van der Waals surface area contributed by atoms with Gasteiger partial charge >= 0.3 is 0 Å². The van der Waals surface area contributed by atoms with Crippen molar-refractivity contribution in [1.29, 1.82) is 0 Å². The van der Waals surface area contributed by atoms with Gasteiger partial charge in [0.25, 0.3) is 0 Å². The van der Waals surface area contributed by atoms with E-state index in [1.54, 1.807) is 0 Å². The maximum atomic E-state index is 10.8. The molecule has 0 aliphatic rings. The van der Waals surface area contributed by atoms with E-state index in [4.69, 9.17) is 0 Å². The molecule has 0 aliphatic carbocycles. The average molecular weight is 200 g/mol. The molecule has 3 heteroatoms. The zero-order valence-corrected chi connectivity index (χ0v) is 9.19. The minimum absolute atomic E-state index is 0.0635. The predicted molar refractivity (Wildman–Crippen MR) is 56.7 cm³/mol. The number of aldehydes is 1. The normalized spacial score (nSPS) is 15.6. The third-order valence-corrected chi connectivity index (χ3v) is 2.92. The van der Waals surface area contributed by atoms with Gasteiger partial charge in [-0.3, -0.25) is 4.79 Å². The Morgan fingerprint density at radius 1 is 1.54 bits per heavy atom. The predicted octanol–water partition coefficient (Wildman–Crippen LogP) is 2.44. The number of hydrogen-bond donors (Lipinski definition) is 0. The Bertz CT molecular complexity index is 211. The van der Waals surface area contributed by atoms with Crippen LogP contribution in [0.1, 0.15) is 27.2 Å². The van der Waals surface area contributed by atoms with Gasteiger partial charge in [0.1, 0.15) is 6.29 Å². The van der Waals surface area contributed by atoms with Gasteiger partial charge in [0, 0.05) is 18.1 Å². The number of carbonyl (C=O) groups excluding carboxylic acids is 2. The first-order valence-electron chi connectivity index (χ1n) is 4.25. The summed E-state index contributed by atoms with van der Waals surface area (Å²) < 4.78 is 0. The molecule has 1 atom stereocenters. The lowest BCUT2D eigenvalue weighted by molar-refractivity contribution is -0.114. The molecule has 13 heavy (non-hydrogen) atoms. The highest BCUT2D eigenvalue weighted by molar-refractivity contribution is 8.13. The maximum Gasteiger partial charge on any atom is 0.185 e. The molecule has 0 spiro atoms. The van der Waals surface area contributed by atoms with E-state index in [1.807, 2.05) is 26.0 Å². The van der Waals surface area contributed by atoms with Crippen LogP contribution in [0.15, 0.2) is 12.2 Å². The molecule has 0 aromatic heterocycles. The first-order chi connectivity index (χ1) is 6.04. The number of allylic oxidation sites excluding steroid dienone is 2. The summed E-state index contributed by atoms with van der Waals surface area (Å²) in [4.78, 5) is 21.5. The lowest BCUT2D eigenvalue weighted by Crippen LogP contribution is -2.21. The summed E-state index contributed by atoms with van der Waals surface area (Å²) in [7, 11) is 0. The lowest BCUT2D eigenvalue weighted by atomic mass is 9.91. The maximum absolute atomic E-state index is 10.8. The molecule has 0 aliphatic heterocycles. The Morgan fingerprint density at radius 3 is 2.54 bits per heavy atom. The number of thioether (sulfide) groups is 1.